The number of aromatic nitrogens is 5. The fraction of sp³-hybridized carbons (Fsp3) is 0.286. The zero-order chi connectivity index (χ0) is 21.3. The summed E-state index contributed by atoms with van der Waals surface area (Å²) in [5.41, 5.74) is 3.03. The summed E-state index contributed by atoms with van der Waals surface area (Å²) in [6.07, 6.45) is 1.83. The van der Waals surface area contributed by atoms with Crippen LogP contribution in [-0.2, 0) is 6.54 Å². The molecule has 0 fully saturated rings. The first kappa shape index (κ1) is 19.6. The molecule has 0 saturated heterocycles. The average Bonchev–Trinajstić information content (AvgIpc) is 3.39. The molecule has 1 amide bonds. The third-order valence-electron chi connectivity index (χ3n) is 4.74. The molecule has 3 aromatic heterocycles. The highest BCUT2D eigenvalue weighted by Crippen LogP contribution is 2.21. The molecule has 0 unspecified atom stereocenters. The number of pyridine rings is 1. The molecular weight excluding hydrogens is 382 g/mol. The van der Waals surface area contributed by atoms with Crippen LogP contribution < -0.4 is 10.2 Å². The van der Waals surface area contributed by atoms with Gasteiger partial charge in [0.2, 0.25) is 0 Å². The molecule has 9 heteroatoms. The molecule has 1 aromatic carbocycles. The highest BCUT2D eigenvalue weighted by atomic mass is 16.5. The van der Waals surface area contributed by atoms with E-state index < -0.39 is 0 Å². The molecule has 3 heterocycles. The second-order valence-electron chi connectivity index (χ2n) is 7.50. The molecule has 9 nitrogen and oxygen atoms in total. The monoisotopic (exact) mass is 405 g/mol. The minimum atomic E-state index is -0.166. The van der Waals surface area contributed by atoms with E-state index in [1.54, 1.807) is 12.1 Å². The van der Waals surface area contributed by atoms with Crippen LogP contribution in [0.1, 0.15) is 41.8 Å². The minimum Gasteiger partial charge on any atom is -0.378 e. The number of nitrogens with zero attached hydrogens (tertiary/aromatic N) is 6. The zero-order valence-corrected chi connectivity index (χ0v) is 17.3. The number of fused-ring (bicyclic) bond motifs is 1. The van der Waals surface area contributed by atoms with Crippen molar-refractivity contribution in [3.05, 3.63) is 59.8 Å². The molecule has 0 atom stereocenters. The van der Waals surface area contributed by atoms with Crippen LogP contribution in [0.15, 0.2) is 47.1 Å². The fourth-order valence-corrected chi connectivity index (χ4v) is 2.95. The van der Waals surface area contributed by atoms with Crippen molar-refractivity contribution in [1.29, 1.82) is 0 Å². The van der Waals surface area contributed by atoms with Crippen LogP contribution in [0.25, 0.3) is 17.1 Å². The Morgan fingerprint density at radius 2 is 1.93 bits per heavy atom. The van der Waals surface area contributed by atoms with Crippen molar-refractivity contribution in [3.63, 3.8) is 0 Å². The normalized spacial score (nSPS) is 11.2. The van der Waals surface area contributed by atoms with Crippen LogP contribution in [0.4, 0.5) is 5.69 Å². The van der Waals surface area contributed by atoms with E-state index in [9.17, 15) is 4.79 Å². The molecule has 1 N–H and O–H groups in total. The Hall–Kier alpha value is -3.75. The predicted octanol–water partition coefficient (Wildman–Crippen LogP) is 2.90. The molecule has 4 aromatic rings. The molecule has 0 aliphatic rings. The van der Waals surface area contributed by atoms with Crippen molar-refractivity contribution in [3.8, 4) is 11.5 Å². The van der Waals surface area contributed by atoms with Gasteiger partial charge in [-0.05, 0) is 36.4 Å². The van der Waals surface area contributed by atoms with Crippen LogP contribution in [0.2, 0.25) is 0 Å². The summed E-state index contributed by atoms with van der Waals surface area (Å²) >= 11 is 0. The number of carbonyl (C=O) groups excluding carboxylic acids is 1. The molecule has 30 heavy (non-hydrogen) atoms. The van der Waals surface area contributed by atoms with Crippen molar-refractivity contribution >= 4 is 17.2 Å². The minimum absolute atomic E-state index is 0.166. The summed E-state index contributed by atoms with van der Waals surface area (Å²) in [6.45, 7) is 4.27. The third kappa shape index (κ3) is 3.86. The predicted molar refractivity (Wildman–Crippen MR) is 112 cm³/mol. The molecular formula is C21H23N7O2. The Morgan fingerprint density at radius 1 is 1.17 bits per heavy atom. The molecule has 0 aliphatic heterocycles. The van der Waals surface area contributed by atoms with Gasteiger partial charge in [0.25, 0.3) is 11.8 Å². The molecule has 0 saturated carbocycles. The number of hydrogen-bond donors (Lipinski definition) is 1. The van der Waals surface area contributed by atoms with Gasteiger partial charge >= 0.3 is 0 Å². The highest BCUT2D eigenvalue weighted by molar-refractivity contribution is 5.94. The lowest BCUT2D eigenvalue weighted by molar-refractivity contribution is 0.0950. The summed E-state index contributed by atoms with van der Waals surface area (Å²) in [4.78, 5) is 18.8. The highest BCUT2D eigenvalue weighted by Gasteiger charge is 2.14. The molecule has 0 bridgehead atoms. The third-order valence-corrected chi connectivity index (χ3v) is 4.74. The zero-order valence-electron chi connectivity index (χ0n) is 17.3. The second kappa shape index (κ2) is 7.94. The van der Waals surface area contributed by atoms with E-state index in [0.717, 1.165) is 11.3 Å². The lowest BCUT2D eigenvalue weighted by atomic mass is 10.2. The van der Waals surface area contributed by atoms with Crippen molar-refractivity contribution in [1.82, 2.24) is 30.1 Å². The number of anilines is 1. The van der Waals surface area contributed by atoms with Crippen LogP contribution in [-0.4, -0.2) is 44.7 Å². The number of hydrogen-bond acceptors (Lipinski definition) is 7. The van der Waals surface area contributed by atoms with E-state index in [2.05, 4.69) is 25.7 Å². The van der Waals surface area contributed by atoms with E-state index >= 15 is 0 Å². The van der Waals surface area contributed by atoms with Gasteiger partial charge in [-0.1, -0.05) is 19.0 Å². The molecule has 0 aliphatic carbocycles. The lowest BCUT2D eigenvalue weighted by Gasteiger charge is -2.12. The largest absolute Gasteiger partial charge is 0.378 e. The number of benzene rings is 1. The Labute approximate surface area is 173 Å². The van der Waals surface area contributed by atoms with E-state index in [0.29, 0.717) is 28.8 Å². The molecule has 4 rings (SSSR count). The van der Waals surface area contributed by atoms with E-state index in [4.69, 9.17) is 4.52 Å². The van der Waals surface area contributed by atoms with Gasteiger partial charge in [0.15, 0.2) is 17.3 Å². The summed E-state index contributed by atoms with van der Waals surface area (Å²) in [7, 11) is 3.91. The van der Waals surface area contributed by atoms with Crippen LogP contribution >= 0.6 is 0 Å². The maximum atomic E-state index is 12.4. The Morgan fingerprint density at radius 3 is 2.60 bits per heavy atom. The van der Waals surface area contributed by atoms with Crippen molar-refractivity contribution in [2.45, 2.75) is 26.3 Å². The van der Waals surface area contributed by atoms with Crippen LogP contribution in [0.5, 0.6) is 0 Å². The van der Waals surface area contributed by atoms with Gasteiger partial charge in [-0.2, -0.15) is 4.98 Å². The maximum absolute atomic E-state index is 12.4. The quantitative estimate of drug-likeness (QED) is 0.526. The SMILES string of the molecule is CC(C)c1noc(-c2ccn3c(CNC(=O)c4ccc(N(C)C)cc4)nnc3c2)n1. The van der Waals surface area contributed by atoms with Gasteiger partial charge in [-0.15, -0.1) is 10.2 Å². The molecule has 0 radical (unpaired) electrons. The summed E-state index contributed by atoms with van der Waals surface area (Å²) in [5.74, 6) is 1.76. The smallest absolute Gasteiger partial charge is 0.258 e. The number of carbonyl (C=O) groups is 1. The first-order valence-corrected chi connectivity index (χ1v) is 9.65. The number of rotatable bonds is 6. The molecule has 154 valence electrons. The topological polar surface area (TPSA) is 101 Å². The van der Waals surface area contributed by atoms with Crippen molar-refractivity contribution in [2.75, 3.05) is 19.0 Å². The standard InChI is InChI=1S/C21H23N7O2/c1-13(2)19-23-21(30-26-19)15-9-10-28-17(11-15)24-25-18(28)12-22-20(29)14-5-7-16(8-6-14)27(3)4/h5-11,13H,12H2,1-4H3,(H,22,29). The number of amides is 1. The Kier molecular flexibility index (Phi) is 5.18. The van der Waals surface area contributed by atoms with Gasteiger partial charge in [-0.3, -0.25) is 9.20 Å². The van der Waals surface area contributed by atoms with Crippen LogP contribution in [0.3, 0.4) is 0 Å². The first-order valence-electron chi connectivity index (χ1n) is 9.65. The fourth-order valence-electron chi connectivity index (χ4n) is 2.95. The van der Waals surface area contributed by atoms with E-state index in [1.165, 1.54) is 0 Å². The first-order chi connectivity index (χ1) is 14.4. The molecule has 0 spiro atoms. The van der Waals surface area contributed by atoms with Gasteiger partial charge in [-0.25, -0.2) is 0 Å². The van der Waals surface area contributed by atoms with E-state index in [1.807, 2.05) is 67.7 Å². The maximum Gasteiger partial charge on any atom is 0.258 e. The van der Waals surface area contributed by atoms with Crippen LogP contribution in [0, 0.1) is 0 Å². The summed E-state index contributed by atoms with van der Waals surface area (Å²) < 4.78 is 7.16. The summed E-state index contributed by atoms with van der Waals surface area (Å²) in [5, 5.41) is 15.3. The second-order valence-corrected chi connectivity index (χ2v) is 7.50. The van der Waals surface area contributed by atoms with E-state index in [-0.39, 0.29) is 18.4 Å². The van der Waals surface area contributed by atoms with Gasteiger partial charge < -0.3 is 14.7 Å². The Balaban J connectivity index is 1.47. The lowest BCUT2D eigenvalue weighted by Crippen LogP contribution is -2.24. The van der Waals surface area contributed by atoms with Crippen molar-refractivity contribution in [2.24, 2.45) is 0 Å². The number of nitrogens with one attached hydrogen (secondary N) is 1. The van der Waals surface area contributed by atoms with Gasteiger partial charge in [0, 0.05) is 43.0 Å². The van der Waals surface area contributed by atoms with Gasteiger partial charge in [0.05, 0.1) is 6.54 Å². The summed E-state index contributed by atoms with van der Waals surface area (Å²) in [6, 6.07) is 11.1. The Bertz CT molecular complexity index is 1180. The van der Waals surface area contributed by atoms with Gasteiger partial charge in [0.1, 0.15) is 0 Å². The average molecular weight is 405 g/mol. The van der Waals surface area contributed by atoms with Crippen molar-refractivity contribution < 1.29 is 9.32 Å².